The van der Waals surface area contributed by atoms with Crippen LogP contribution in [0.4, 0.5) is 0 Å². The molecule has 0 aliphatic carbocycles. The molecular formula is C5H13NaO5S. The predicted octanol–water partition coefficient (Wildman–Crippen LogP) is 0.0742. The topological polar surface area (TPSA) is 91.7 Å². The summed E-state index contributed by atoms with van der Waals surface area (Å²) in [5.74, 6) is 0. The van der Waals surface area contributed by atoms with Gasteiger partial charge in [-0.05, 0) is 6.42 Å². The van der Waals surface area contributed by atoms with Gasteiger partial charge in [0.1, 0.15) is 6.29 Å². The normalized spacial score (nSPS) is 8.92. The summed E-state index contributed by atoms with van der Waals surface area (Å²) in [6.07, 6.45) is 3.86. The van der Waals surface area contributed by atoms with E-state index in [1.807, 2.05) is 0 Å². The van der Waals surface area contributed by atoms with Crippen molar-refractivity contribution in [3.63, 3.8) is 0 Å². The van der Waals surface area contributed by atoms with Gasteiger partial charge in [-0.1, -0.05) is 13.3 Å². The average Bonchev–Trinajstić information content (AvgIpc) is 1.79. The minimum absolute atomic E-state index is 0. The first kappa shape index (κ1) is 18.3. The van der Waals surface area contributed by atoms with Gasteiger partial charge in [0, 0.05) is 6.42 Å². The third kappa shape index (κ3) is 76.5. The SMILES string of the molecule is CCCCC=O.O=S(=O)(O)O.[NaH]. The zero-order valence-corrected chi connectivity index (χ0v) is 7.04. The number of rotatable bonds is 3. The molecule has 0 aromatic heterocycles. The van der Waals surface area contributed by atoms with Crippen molar-refractivity contribution in [2.45, 2.75) is 26.2 Å². The van der Waals surface area contributed by atoms with Crippen molar-refractivity contribution >= 4 is 46.2 Å². The first-order valence-corrected chi connectivity index (χ1v) is 4.45. The van der Waals surface area contributed by atoms with Crippen LogP contribution in [0, 0.1) is 0 Å². The molecule has 0 fully saturated rings. The van der Waals surface area contributed by atoms with Crippen LogP contribution in [-0.4, -0.2) is 53.4 Å². The van der Waals surface area contributed by atoms with E-state index in [1.54, 1.807) is 0 Å². The molecule has 0 atom stereocenters. The van der Waals surface area contributed by atoms with Gasteiger partial charge in [0.2, 0.25) is 0 Å². The van der Waals surface area contributed by atoms with Crippen molar-refractivity contribution in [2.75, 3.05) is 0 Å². The standard InChI is InChI=1S/C5H10O.Na.H2O4S.H/c1-2-3-4-5-6;;1-5(2,3)4;/h5H,2-4H2,1H3;;(H2,1,2,3,4);. The van der Waals surface area contributed by atoms with E-state index in [2.05, 4.69) is 6.92 Å². The molecule has 0 aromatic rings. The van der Waals surface area contributed by atoms with Gasteiger partial charge in [0.25, 0.3) is 0 Å². The van der Waals surface area contributed by atoms with Crippen molar-refractivity contribution in [1.29, 1.82) is 0 Å². The Bertz CT molecular complexity index is 168. The molecule has 0 radical (unpaired) electrons. The second kappa shape index (κ2) is 11.5. The van der Waals surface area contributed by atoms with Crippen LogP contribution in [0.15, 0.2) is 0 Å². The minimum atomic E-state index is -4.67. The Balaban J connectivity index is -0.000000126. The average molecular weight is 208 g/mol. The van der Waals surface area contributed by atoms with Crippen LogP contribution < -0.4 is 0 Å². The monoisotopic (exact) mass is 208 g/mol. The Labute approximate surface area is 94.4 Å². The van der Waals surface area contributed by atoms with Crippen LogP contribution in [0.25, 0.3) is 0 Å². The molecule has 5 nitrogen and oxygen atoms in total. The molecule has 0 bridgehead atoms. The van der Waals surface area contributed by atoms with Gasteiger partial charge >= 0.3 is 40.0 Å². The molecule has 0 aromatic carbocycles. The van der Waals surface area contributed by atoms with E-state index >= 15 is 0 Å². The summed E-state index contributed by atoms with van der Waals surface area (Å²) in [4.78, 5) is 9.56. The molecule has 0 aliphatic heterocycles. The van der Waals surface area contributed by atoms with Gasteiger partial charge in [-0.15, -0.1) is 0 Å². The molecule has 0 unspecified atom stereocenters. The number of hydrogen-bond acceptors (Lipinski definition) is 3. The fraction of sp³-hybridized carbons (Fsp3) is 0.800. The fourth-order valence-corrected chi connectivity index (χ4v) is 0.287. The van der Waals surface area contributed by atoms with Gasteiger partial charge in [-0.2, -0.15) is 8.42 Å². The van der Waals surface area contributed by atoms with Crippen molar-refractivity contribution in [3.05, 3.63) is 0 Å². The zero-order valence-electron chi connectivity index (χ0n) is 6.23. The van der Waals surface area contributed by atoms with E-state index in [1.165, 1.54) is 0 Å². The summed E-state index contributed by atoms with van der Waals surface area (Å²) in [6.45, 7) is 2.07. The molecule has 7 heteroatoms. The molecule has 0 amide bonds. The third-order valence-electron chi connectivity index (χ3n) is 0.676. The molecule has 0 saturated heterocycles. The van der Waals surface area contributed by atoms with E-state index in [9.17, 15) is 4.79 Å². The molecule has 2 N–H and O–H groups in total. The van der Waals surface area contributed by atoms with E-state index in [0.29, 0.717) is 0 Å². The van der Waals surface area contributed by atoms with Gasteiger partial charge < -0.3 is 4.79 Å². The molecule has 0 heterocycles. The Morgan fingerprint density at radius 1 is 1.33 bits per heavy atom. The number of unbranched alkanes of at least 4 members (excludes halogenated alkanes) is 2. The Hall–Kier alpha value is 0.540. The van der Waals surface area contributed by atoms with Gasteiger partial charge in [0.05, 0.1) is 0 Å². The van der Waals surface area contributed by atoms with Crippen LogP contribution in [0.2, 0.25) is 0 Å². The molecule has 0 rings (SSSR count). The second-order valence-electron chi connectivity index (χ2n) is 1.76. The molecule has 70 valence electrons. The van der Waals surface area contributed by atoms with E-state index in [-0.39, 0.29) is 29.6 Å². The Morgan fingerprint density at radius 3 is 1.75 bits per heavy atom. The summed E-state index contributed by atoms with van der Waals surface area (Å²) < 4.78 is 31.6. The summed E-state index contributed by atoms with van der Waals surface area (Å²) in [6, 6.07) is 0. The van der Waals surface area contributed by atoms with E-state index in [0.717, 1.165) is 25.5 Å². The molecular weight excluding hydrogens is 195 g/mol. The molecule has 0 aliphatic rings. The van der Waals surface area contributed by atoms with Gasteiger partial charge in [-0.3, -0.25) is 9.11 Å². The Morgan fingerprint density at radius 2 is 1.67 bits per heavy atom. The summed E-state index contributed by atoms with van der Waals surface area (Å²) >= 11 is 0. The van der Waals surface area contributed by atoms with Crippen LogP contribution in [0.5, 0.6) is 0 Å². The third-order valence-corrected chi connectivity index (χ3v) is 0.676. The summed E-state index contributed by atoms with van der Waals surface area (Å²) in [7, 11) is -4.67. The van der Waals surface area contributed by atoms with Crippen LogP contribution in [0.1, 0.15) is 26.2 Å². The molecule has 0 saturated carbocycles. The first-order valence-electron chi connectivity index (χ1n) is 3.05. The van der Waals surface area contributed by atoms with Crippen molar-refractivity contribution < 1.29 is 22.3 Å². The number of carbonyl (C=O) groups is 1. The number of aldehydes is 1. The molecule has 12 heavy (non-hydrogen) atoms. The van der Waals surface area contributed by atoms with Crippen molar-refractivity contribution in [1.82, 2.24) is 0 Å². The fourth-order valence-electron chi connectivity index (χ4n) is 0.287. The van der Waals surface area contributed by atoms with E-state index < -0.39 is 10.4 Å². The maximum atomic E-state index is 9.56. The second-order valence-corrected chi connectivity index (χ2v) is 2.65. The van der Waals surface area contributed by atoms with Crippen LogP contribution >= 0.6 is 0 Å². The van der Waals surface area contributed by atoms with Crippen LogP contribution in [-0.2, 0) is 15.2 Å². The quantitative estimate of drug-likeness (QED) is 0.296. The predicted molar refractivity (Wildman–Crippen MR) is 46.9 cm³/mol. The first-order chi connectivity index (χ1) is 4.91. The van der Waals surface area contributed by atoms with Gasteiger partial charge in [-0.25, -0.2) is 0 Å². The summed E-state index contributed by atoms with van der Waals surface area (Å²) in [5, 5.41) is 0. The number of hydrogen-bond donors (Lipinski definition) is 2. The molecule has 0 spiro atoms. The number of carbonyl (C=O) groups excluding carboxylic acids is 1. The Kier molecular flexibility index (Phi) is 17.6. The van der Waals surface area contributed by atoms with Crippen molar-refractivity contribution in [3.8, 4) is 0 Å². The maximum absolute atomic E-state index is 9.56. The van der Waals surface area contributed by atoms with Crippen molar-refractivity contribution in [2.24, 2.45) is 0 Å². The zero-order chi connectivity index (χ0) is 9.33. The van der Waals surface area contributed by atoms with E-state index in [4.69, 9.17) is 17.5 Å². The van der Waals surface area contributed by atoms with Crippen LogP contribution in [0.3, 0.4) is 0 Å². The summed E-state index contributed by atoms with van der Waals surface area (Å²) in [5.41, 5.74) is 0. The van der Waals surface area contributed by atoms with Gasteiger partial charge in [0.15, 0.2) is 0 Å².